The number of carbonyl (C=O) groups is 2. The molecule has 1 N–H and O–H groups in total. The Labute approximate surface area is 167 Å². The molecule has 4 aliphatic heterocycles. The average Bonchev–Trinajstić information content (AvgIpc) is 3.18. The number of carbonyl (C=O) groups excluding carboxylic acids is 2. The number of hydrogen-bond acceptors (Lipinski definition) is 6. The highest BCUT2D eigenvalue weighted by Gasteiger charge is 2.35. The van der Waals surface area contributed by atoms with E-state index in [-0.39, 0.29) is 17.9 Å². The molecule has 28 heavy (non-hydrogen) atoms. The number of aromatic nitrogens is 1. The highest BCUT2D eigenvalue weighted by Crippen LogP contribution is 2.29. The second-order valence-corrected chi connectivity index (χ2v) is 8.75. The third kappa shape index (κ3) is 3.29. The van der Waals surface area contributed by atoms with Crippen molar-refractivity contribution in [2.24, 2.45) is 5.92 Å². The van der Waals surface area contributed by atoms with E-state index in [2.05, 4.69) is 15.2 Å². The summed E-state index contributed by atoms with van der Waals surface area (Å²) in [6.07, 6.45) is 4.02. The van der Waals surface area contributed by atoms with E-state index >= 15 is 0 Å². The molecule has 148 valence electrons. The van der Waals surface area contributed by atoms with Gasteiger partial charge in [-0.2, -0.15) is 0 Å². The summed E-state index contributed by atoms with van der Waals surface area (Å²) in [5, 5.41) is 5.87. The molecule has 1 atom stereocenters. The first-order valence-electron chi connectivity index (χ1n) is 9.96. The van der Waals surface area contributed by atoms with Crippen LogP contribution in [-0.4, -0.2) is 78.6 Å². The molecule has 4 fully saturated rings. The summed E-state index contributed by atoms with van der Waals surface area (Å²) in [6.45, 7) is 5.57. The van der Waals surface area contributed by atoms with Crippen LogP contribution in [0.25, 0.3) is 10.1 Å². The zero-order valence-corrected chi connectivity index (χ0v) is 16.5. The molecule has 4 saturated heterocycles. The second kappa shape index (κ2) is 7.42. The lowest BCUT2D eigenvalue weighted by atomic mass is 9.84. The highest BCUT2D eigenvalue weighted by atomic mass is 32.1. The van der Waals surface area contributed by atoms with Crippen molar-refractivity contribution >= 4 is 33.2 Å². The van der Waals surface area contributed by atoms with Crippen LogP contribution >= 0.6 is 11.3 Å². The predicted molar refractivity (Wildman–Crippen MR) is 107 cm³/mol. The van der Waals surface area contributed by atoms with Gasteiger partial charge in [0.25, 0.3) is 11.8 Å². The van der Waals surface area contributed by atoms with Gasteiger partial charge in [-0.15, -0.1) is 11.3 Å². The quantitative estimate of drug-likeness (QED) is 0.847. The van der Waals surface area contributed by atoms with Crippen molar-refractivity contribution in [3.8, 4) is 0 Å². The van der Waals surface area contributed by atoms with E-state index < -0.39 is 0 Å². The number of nitrogens with one attached hydrogen (secondary N) is 1. The maximum absolute atomic E-state index is 12.9. The number of pyridine rings is 1. The topological polar surface area (TPSA) is 74.8 Å². The molecule has 6 heterocycles. The summed E-state index contributed by atoms with van der Waals surface area (Å²) >= 11 is 1.49. The van der Waals surface area contributed by atoms with E-state index in [1.165, 1.54) is 11.3 Å². The van der Waals surface area contributed by atoms with Gasteiger partial charge in [-0.25, -0.2) is 4.98 Å². The Morgan fingerprint density at radius 1 is 1.18 bits per heavy atom. The summed E-state index contributed by atoms with van der Waals surface area (Å²) in [5.41, 5.74) is 1.04. The number of nitrogens with zero attached hydrogens (tertiary/aromatic N) is 3. The van der Waals surface area contributed by atoms with Crippen LogP contribution in [-0.2, 0) is 4.74 Å². The minimum atomic E-state index is -0.142. The molecule has 0 saturated carbocycles. The van der Waals surface area contributed by atoms with E-state index in [1.807, 2.05) is 10.3 Å². The lowest BCUT2D eigenvalue weighted by Gasteiger charge is -2.44. The molecule has 0 aliphatic carbocycles. The number of rotatable bonds is 3. The number of piperidine rings is 3. The molecule has 2 aromatic rings. The van der Waals surface area contributed by atoms with Crippen molar-refractivity contribution < 1.29 is 14.3 Å². The Kier molecular flexibility index (Phi) is 4.78. The maximum Gasteiger partial charge on any atom is 0.270 e. The summed E-state index contributed by atoms with van der Waals surface area (Å²) in [4.78, 5) is 34.3. The van der Waals surface area contributed by atoms with Crippen molar-refractivity contribution in [2.45, 2.75) is 18.9 Å². The van der Waals surface area contributed by atoms with E-state index in [9.17, 15) is 9.59 Å². The SMILES string of the molecule is O=C(NC1CN2CCC1CC2)c1cc2c(C(=O)N3CCOCC3)csc2cn1. The number of morpholine rings is 1. The monoisotopic (exact) mass is 400 g/mol. The summed E-state index contributed by atoms with van der Waals surface area (Å²) in [7, 11) is 0. The first kappa shape index (κ1) is 18.0. The van der Waals surface area contributed by atoms with Crippen LogP contribution in [0.4, 0.5) is 0 Å². The summed E-state index contributed by atoms with van der Waals surface area (Å²) < 4.78 is 6.27. The number of amides is 2. The molecule has 2 bridgehead atoms. The van der Waals surface area contributed by atoms with Gasteiger partial charge in [0.2, 0.25) is 0 Å². The van der Waals surface area contributed by atoms with Gasteiger partial charge in [-0.1, -0.05) is 0 Å². The lowest BCUT2D eigenvalue weighted by Crippen LogP contribution is -2.57. The number of ether oxygens (including phenoxy) is 1. The standard InChI is InChI=1S/C20H24N4O3S/c25-19(22-17-11-23-3-1-13(17)2-4-23)16-9-14-15(12-28-18(14)10-21-16)20(26)24-5-7-27-8-6-24/h9-10,12-13,17H,1-8,11H2,(H,22,25). The number of fused-ring (bicyclic) bond motifs is 4. The van der Waals surface area contributed by atoms with E-state index in [4.69, 9.17) is 4.74 Å². The Bertz CT molecular complexity index is 900. The minimum Gasteiger partial charge on any atom is -0.378 e. The molecule has 2 aromatic heterocycles. The van der Waals surface area contributed by atoms with Crippen molar-refractivity contribution in [3.05, 3.63) is 28.9 Å². The van der Waals surface area contributed by atoms with Crippen LogP contribution in [0.5, 0.6) is 0 Å². The normalized spacial score (nSPS) is 27.1. The zero-order valence-electron chi connectivity index (χ0n) is 15.7. The molecule has 4 aliphatic rings. The fourth-order valence-electron chi connectivity index (χ4n) is 4.53. The van der Waals surface area contributed by atoms with Crippen LogP contribution in [0.2, 0.25) is 0 Å². The third-order valence-corrected chi connectivity index (χ3v) is 7.13. The molecule has 7 nitrogen and oxygen atoms in total. The first-order valence-corrected chi connectivity index (χ1v) is 10.8. The van der Waals surface area contributed by atoms with Crippen molar-refractivity contribution in [1.29, 1.82) is 0 Å². The molecule has 6 rings (SSSR count). The van der Waals surface area contributed by atoms with Crippen LogP contribution in [0.15, 0.2) is 17.6 Å². The third-order valence-electron chi connectivity index (χ3n) is 6.20. The van der Waals surface area contributed by atoms with Crippen molar-refractivity contribution in [2.75, 3.05) is 45.9 Å². The Morgan fingerprint density at radius 2 is 1.96 bits per heavy atom. The molecule has 1 unspecified atom stereocenters. The molecule has 0 aromatic carbocycles. The van der Waals surface area contributed by atoms with Gasteiger partial charge < -0.3 is 19.9 Å². The van der Waals surface area contributed by atoms with Crippen molar-refractivity contribution in [1.82, 2.24) is 20.1 Å². The lowest BCUT2D eigenvalue weighted by molar-refractivity contribution is 0.0304. The first-order chi connectivity index (χ1) is 13.7. The van der Waals surface area contributed by atoms with Gasteiger partial charge in [0.05, 0.1) is 23.5 Å². The molecular weight excluding hydrogens is 376 g/mol. The fourth-order valence-corrected chi connectivity index (χ4v) is 5.41. The van der Waals surface area contributed by atoms with Gasteiger partial charge in [0.1, 0.15) is 5.69 Å². The smallest absolute Gasteiger partial charge is 0.270 e. The van der Waals surface area contributed by atoms with Crippen LogP contribution in [0.3, 0.4) is 0 Å². The number of thiophene rings is 1. The van der Waals surface area contributed by atoms with Gasteiger partial charge in [0.15, 0.2) is 0 Å². The van der Waals surface area contributed by atoms with Gasteiger partial charge in [-0.05, 0) is 37.9 Å². The molecule has 0 radical (unpaired) electrons. The molecular formula is C20H24N4O3S. The Hall–Kier alpha value is -2.03. The maximum atomic E-state index is 12.9. The van der Waals surface area contributed by atoms with E-state index in [0.717, 1.165) is 42.6 Å². The minimum absolute atomic E-state index is 0.00417. The van der Waals surface area contributed by atoms with E-state index in [1.54, 1.807) is 12.3 Å². The predicted octanol–water partition coefficient (Wildman–Crippen LogP) is 1.59. The Balaban J connectivity index is 1.36. The molecule has 8 heteroatoms. The summed E-state index contributed by atoms with van der Waals surface area (Å²) in [6, 6.07) is 1.97. The zero-order chi connectivity index (χ0) is 19.1. The molecule has 0 spiro atoms. The largest absolute Gasteiger partial charge is 0.378 e. The van der Waals surface area contributed by atoms with Crippen LogP contribution in [0.1, 0.15) is 33.7 Å². The van der Waals surface area contributed by atoms with E-state index in [0.29, 0.717) is 43.5 Å². The average molecular weight is 401 g/mol. The highest BCUT2D eigenvalue weighted by molar-refractivity contribution is 7.17. The second-order valence-electron chi connectivity index (χ2n) is 7.84. The summed E-state index contributed by atoms with van der Waals surface area (Å²) in [5.74, 6) is 0.429. The number of hydrogen-bond donors (Lipinski definition) is 1. The van der Waals surface area contributed by atoms with Crippen LogP contribution < -0.4 is 5.32 Å². The fraction of sp³-hybridized carbons (Fsp3) is 0.550. The van der Waals surface area contributed by atoms with Crippen molar-refractivity contribution in [3.63, 3.8) is 0 Å². The van der Waals surface area contributed by atoms with Gasteiger partial charge >= 0.3 is 0 Å². The van der Waals surface area contributed by atoms with Crippen LogP contribution in [0, 0.1) is 5.92 Å². The molecule has 2 amide bonds. The van der Waals surface area contributed by atoms with Gasteiger partial charge in [-0.3, -0.25) is 9.59 Å². The Morgan fingerprint density at radius 3 is 2.68 bits per heavy atom. The van der Waals surface area contributed by atoms with Gasteiger partial charge in [0, 0.05) is 42.6 Å².